The third kappa shape index (κ3) is 4.30. The van der Waals surface area contributed by atoms with Gasteiger partial charge in [0.2, 0.25) is 6.41 Å². The maximum atomic E-state index is 11.7. The van der Waals surface area contributed by atoms with Crippen LogP contribution in [-0.2, 0) is 4.79 Å². The fourth-order valence-corrected chi connectivity index (χ4v) is 3.46. The van der Waals surface area contributed by atoms with Gasteiger partial charge in [-0.15, -0.1) is 0 Å². The zero-order valence-corrected chi connectivity index (χ0v) is 16.2. The van der Waals surface area contributed by atoms with Crippen LogP contribution >= 0.6 is 0 Å². The molecule has 0 atom stereocenters. The Morgan fingerprint density at radius 3 is 2.48 bits per heavy atom. The number of amides is 2. The lowest BCUT2D eigenvalue weighted by Gasteiger charge is -2.28. The second-order valence-corrected chi connectivity index (χ2v) is 6.53. The first-order chi connectivity index (χ1) is 14.1. The van der Waals surface area contributed by atoms with E-state index in [4.69, 9.17) is 10.5 Å². The molecular weight excluding hydrogens is 370 g/mol. The minimum Gasteiger partial charge on any atom is -0.374 e. The number of hydrogen-bond acceptors (Lipinski definition) is 6. The molecule has 1 saturated heterocycles. The van der Waals surface area contributed by atoms with E-state index in [1.54, 1.807) is 7.05 Å². The first-order valence-electron chi connectivity index (χ1n) is 9.29. The Labute approximate surface area is 168 Å². The maximum Gasteiger partial charge on any atom is 0.253 e. The number of pyridine rings is 1. The van der Waals surface area contributed by atoms with Crippen molar-refractivity contribution in [1.29, 1.82) is 0 Å². The number of nitrogens with zero attached hydrogens (tertiary/aromatic N) is 2. The number of primary amides is 2. The molecular formula is C20H25N7O2. The third-order valence-corrected chi connectivity index (χ3v) is 4.82. The molecule has 29 heavy (non-hydrogen) atoms. The molecule has 2 amide bonds. The van der Waals surface area contributed by atoms with Gasteiger partial charge in [0, 0.05) is 55.9 Å². The van der Waals surface area contributed by atoms with Crippen LogP contribution < -0.4 is 27.0 Å². The standard InChI is InChI=1S/C19H22N6O.CH3NO/c1-21-19-17(18(20)26)14-4-2-12(10-15(14)24-19)13-3-5-16(23-11-13)25-8-6-22-7-9-25;2-1-3/h2-5,10-11,21-22,24H,6-9H2,1H3,(H2,20,26);1H,(H2,2,3). The highest BCUT2D eigenvalue weighted by Gasteiger charge is 2.16. The number of anilines is 2. The summed E-state index contributed by atoms with van der Waals surface area (Å²) in [5, 5.41) is 7.15. The summed E-state index contributed by atoms with van der Waals surface area (Å²) in [6.45, 7) is 3.93. The Hall–Kier alpha value is -3.59. The molecule has 152 valence electrons. The van der Waals surface area contributed by atoms with Crippen molar-refractivity contribution in [1.82, 2.24) is 15.3 Å². The van der Waals surface area contributed by atoms with Gasteiger partial charge in [-0.25, -0.2) is 4.98 Å². The molecule has 0 spiro atoms. The van der Waals surface area contributed by atoms with Crippen molar-refractivity contribution < 1.29 is 9.59 Å². The molecule has 3 heterocycles. The summed E-state index contributed by atoms with van der Waals surface area (Å²) in [6.07, 6.45) is 2.15. The highest BCUT2D eigenvalue weighted by atomic mass is 16.1. The number of piperazine rings is 1. The van der Waals surface area contributed by atoms with E-state index >= 15 is 0 Å². The van der Waals surface area contributed by atoms with Gasteiger partial charge in [-0.1, -0.05) is 12.1 Å². The number of H-pyrrole nitrogens is 1. The van der Waals surface area contributed by atoms with E-state index in [1.165, 1.54) is 0 Å². The SMILES string of the molecule is CNc1[nH]c2cc(-c3ccc(N4CCNCC4)nc3)ccc2c1C(N)=O.NC=O. The zero-order chi connectivity index (χ0) is 20.8. The van der Waals surface area contributed by atoms with Crippen LogP contribution in [0.15, 0.2) is 36.5 Å². The molecule has 0 unspecified atom stereocenters. The molecule has 1 aliphatic heterocycles. The second kappa shape index (κ2) is 9.07. The minimum absolute atomic E-state index is 0.250. The molecule has 0 aliphatic carbocycles. The van der Waals surface area contributed by atoms with Crippen LogP contribution in [0.5, 0.6) is 0 Å². The summed E-state index contributed by atoms with van der Waals surface area (Å²) < 4.78 is 0. The number of rotatable bonds is 4. The van der Waals surface area contributed by atoms with Crippen molar-refractivity contribution in [2.75, 3.05) is 43.4 Å². The van der Waals surface area contributed by atoms with Crippen LogP contribution in [0.1, 0.15) is 10.4 Å². The lowest BCUT2D eigenvalue weighted by molar-refractivity contribution is -0.106. The molecule has 1 aromatic carbocycles. The first-order valence-corrected chi connectivity index (χ1v) is 9.29. The van der Waals surface area contributed by atoms with Crippen molar-refractivity contribution in [2.45, 2.75) is 0 Å². The van der Waals surface area contributed by atoms with Crippen LogP contribution in [0.2, 0.25) is 0 Å². The predicted octanol–water partition coefficient (Wildman–Crippen LogP) is 0.882. The number of hydrogen-bond donors (Lipinski definition) is 5. The van der Waals surface area contributed by atoms with Crippen molar-refractivity contribution in [3.8, 4) is 11.1 Å². The van der Waals surface area contributed by atoms with Crippen LogP contribution in [0.4, 0.5) is 11.6 Å². The average molecular weight is 395 g/mol. The summed E-state index contributed by atoms with van der Waals surface area (Å²) >= 11 is 0. The third-order valence-electron chi connectivity index (χ3n) is 4.82. The molecule has 0 saturated carbocycles. The Bertz CT molecular complexity index is 992. The number of aromatic amines is 1. The van der Waals surface area contributed by atoms with Gasteiger partial charge in [0.25, 0.3) is 5.91 Å². The summed E-state index contributed by atoms with van der Waals surface area (Å²) in [5.74, 6) is 1.19. The van der Waals surface area contributed by atoms with E-state index in [1.807, 2.05) is 24.4 Å². The number of aromatic nitrogens is 2. The van der Waals surface area contributed by atoms with Crippen LogP contribution in [0, 0.1) is 0 Å². The molecule has 3 aromatic rings. The lowest BCUT2D eigenvalue weighted by atomic mass is 10.0. The highest BCUT2D eigenvalue weighted by molar-refractivity contribution is 6.11. The molecule has 1 aliphatic rings. The fourth-order valence-electron chi connectivity index (χ4n) is 3.46. The van der Waals surface area contributed by atoms with E-state index in [-0.39, 0.29) is 6.41 Å². The van der Waals surface area contributed by atoms with E-state index in [0.717, 1.165) is 54.0 Å². The Balaban J connectivity index is 0.000000755. The van der Waals surface area contributed by atoms with Gasteiger partial charge in [0.1, 0.15) is 11.6 Å². The number of benzene rings is 1. The highest BCUT2D eigenvalue weighted by Crippen LogP contribution is 2.30. The lowest BCUT2D eigenvalue weighted by Crippen LogP contribution is -2.43. The molecule has 4 rings (SSSR count). The van der Waals surface area contributed by atoms with Gasteiger partial charge >= 0.3 is 0 Å². The Kier molecular flexibility index (Phi) is 6.30. The second-order valence-electron chi connectivity index (χ2n) is 6.53. The fraction of sp³-hybridized carbons (Fsp3) is 0.250. The van der Waals surface area contributed by atoms with Crippen molar-refractivity contribution in [3.63, 3.8) is 0 Å². The first kappa shape index (κ1) is 20.2. The molecule has 2 aromatic heterocycles. The van der Waals surface area contributed by atoms with E-state index in [9.17, 15) is 4.79 Å². The van der Waals surface area contributed by atoms with Gasteiger partial charge in [-0.05, 0) is 23.8 Å². The van der Waals surface area contributed by atoms with Gasteiger partial charge in [-0.2, -0.15) is 0 Å². The maximum absolute atomic E-state index is 11.7. The predicted molar refractivity (Wildman–Crippen MR) is 115 cm³/mol. The summed E-state index contributed by atoms with van der Waals surface area (Å²) in [5.41, 5.74) is 13.1. The molecule has 1 fully saturated rings. The average Bonchev–Trinajstić information content (AvgIpc) is 3.13. The molecule has 0 radical (unpaired) electrons. The quantitative estimate of drug-likeness (QED) is 0.415. The topological polar surface area (TPSA) is 142 Å². The number of carbonyl (C=O) groups is 2. The smallest absolute Gasteiger partial charge is 0.253 e. The minimum atomic E-state index is -0.449. The zero-order valence-electron chi connectivity index (χ0n) is 16.2. The molecule has 9 nitrogen and oxygen atoms in total. The van der Waals surface area contributed by atoms with Gasteiger partial charge < -0.3 is 32.0 Å². The van der Waals surface area contributed by atoms with Crippen molar-refractivity contribution in [2.24, 2.45) is 11.5 Å². The van der Waals surface area contributed by atoms with E-state index in [2.05, 4.69) is 43.4 Å². The number of carbonyl (C=O) groups excluding carboxylic acids is 2. The number of nitrogens with one attached hydrogen (secondary N) is 3. The summed E-state index contributed by atoms with van der Waals surface area (Å²) in [4.78, 5) is 30.5. The normalized spacial score (nSPS) is 13.5. The number of fused-ring (bicyclic) bond motifs is 1. The van der Waals surface area contributed by atoms with Crippen LogP contribution in [0.3, 0.4) is 0 Å². The monoisotopic (exact) mass is 395 g/mol. The number of nitrogens with two attached hydrogens (primary N) is 2. The van der Waals surface area contributed by atoms with Gasteiger partial charge in [0.05, 0.1) is 5.56 Å². The Morgan fingerprint density at radius 1 is 1.21 bits per heavy atom. The Morgan fingerprint density at radius 2 is 1.90 bits per heavy atom. The summed E-state index contributed by atoms with van der Waals surface area (Å²) in [6, 6.07) is 10.1. The van der Waals surface area contributed by atoms with Gasteiger partial charge in [0.15, 0.2) is 0 Å². The van der Waals surface area contributed by atoms with Crippen molar-refractivity contribution in [3.05, 3.63) is 42.1 Å². The molecule has 7 N–H and O–H groups in total. The van der Waals surface area contributed by atoms with E-state index < -0.39 is 5.91 Å². The molecule has 0 bridgehead atoms. The van der Waals surface area contributed by atoms with E-state index in [0.29, 0.717) is 11.4 Å². The van der Waals surface area contributed by atoms with Gasteiger partial charge in [-0.3, -0.25) is 9.59 Å². The van der Waals surface area contributed by atoms with Crippen LogP contribution in [-0.4, -0.2) is 55.5 Å². The largest absolute Gasteiger partial charge is 0.374 e. The van der Waals surface area contributed by atoms with Crippen LogP contribution in [0.25, 0.3) is 22.0 Å². The summed E-state index contributed by atoms with van der Waals surface area (Å²) in [7, 11) is 1.76. The van der Waals surface area contributed by atoms with Crippen molar-refractivity contribution >= 4 is 34.9 Å². The molecule has 9 heteroatoms.